The van der Waals surface area contributed by atoms with Crippen LogP contribution in [0.4, 0.5) is 11.8 Å². The zero-order valence-electron chi connectivity index (χ0n) is 16.5. The number of hydrogen-bond donors (Lipinski definition) is 1. The topological polar surface area (TPSA) is 87.5 Å². The number of fused-ring (bicyclic) bond motifs is 1. The third-order valence-electron chi connectivity index (χ3n) is 5.74. The molecule has 0 bridgehead atoms. The van der Waals surface area contributed by atoms with Crippen LogP contribution < -0.4 is 14.5 Å². The summed E-state index contributed by atoms with van der Waals surface area (Å²) in [6.45, 7) is 3.43. The maximum atomic E-state index is 9.33. The summed E-state index contributed by atoms with van der Waals surface area (Å²) < 4.78 is 6.89. The normalized spacial score (nSPS) is 17.9. The lowest BCUT2D eigenvalue weighted by Crippen LogP contribution is -2.54. The van der Waals surface area contributed by atoms with Crippen molar-refractivity contribution in [1.82, 2.24) is 19.9 Å². The van der Waals surface area contributed by atoms with E-state index in [1.54, 1.807) is 6.20 Å². The number of nitrogens with zero attached hydrogens (tertiary/aromatic N) is 6. The fourth-order valence-electron chi connectivity index (χ4n) is 3.85. The number of para-hydroxylation sites is 2. The Bertz CT molecular complexity index is 1040. The van der Waals surface area contributed by atoms with E-state index in [1.165, 1.54) is 0 Å². The van der Waals surface area contributed by atoms with Crippen molar-refractivity contribution in [2.24, 2.45) is 5.92 Å². The van der Waals surface area contributed by atoms with E-state index in [0.29, 0.717) is 17.7 Å². The average Bonchev–Trinajstić information content (AvgIpc) is 2.77. The van der Waals surface area contributed by atoms with Crippen LogP contribution in [0.25, 0.3) is 11.0 Å². The first-order valence-electron chi connectivity index (χ1n) is 10.2. The van der Waals surface area contributed by atoms with E-state index in [-0.39, 0.29) is 12.7 Å². The number of piperidine rings is 1. The van der Waals surface area contributed by atoms with E-state index >= 15 is 0 Å². The molecule has 2 aromatic heterocycles. The number of hydrogen-bond acceptors (Lipinski definition) is 8. The van der Waals surface area contributed by atoms with Crippen molar-refractivity contribution < 1.29 is 9.84 Å². The Kier molecular flexibility index (Phi) is 5.39. The van der Waals surface area contributed by atoms with Gasteiger partial charge in [-0.25, -0.2) is 9.97 Å². The first-order valence-corrected chi connectivity index (χ1v) is 11.0. The van der Waals surface area contributed by atoms with Gasteiger partial charge in [-0.2, -0.15) is 4.98 Å². The minimum atomic E-state index is 0.0393. The van der Waals surface area contributed by atoms with Gasteiger partial charge in [-0.1, -0.05) is 12.1 Å². The Morgan fingerprint density at radius 2 is 1.77 bits per heavy atom. The molecule has 2 fully saturated rings. The predicted octanol–water partition coefficient (Wildman–Crippen LogP) is 2.66. The van der Waals surface area contributed by atoms with E-state index in [1.807, 2.05) is 30.5 Å². The van der Waals surface area contributed by atoms with Gasteiger partial charge >= 0.3 is 0 Å². The highest BCUT2D eigenvalue weighted by molar-refractivity contribution is 9.10. The summed E-state index contributed by atoms with van der Waals surface area (Å²) in [5.41, 5.74) is 1.79. The van der Waals surface area contributed by atoms with E-state index < -0.39 is 0 Å². The van der Waals surface area contributed by atoms with Crippen LogP contribution >= 0.6 is 15.9 Å². The van der Waals surface area contributed by atoms with Crippen molar-refractivity contribution >= 4 is 38.7 Å². The Morgan fingerprint density at radius 3 is 2.53 bits per heavy atom. The van der Waals surface area contributed by atoms with Crippen LogP contribution in [-0.2, 0) is 0 Å². The highest BCUT2D eigenvalue weighted by Gasteiger charge is 2.31. The molecule has 3 aromatic rings. The van der Waals surface area contributed by atoms with Crippen LogP contribution in [-0.4, -0.2) is 63.9 Å². The molecular formula is C21H23BrN6O2. The first-order chi connectivity index (χ1) is 14.7. The molecule has 8 nitrogen and oxygen atoms in total. The molecule has 2 aliphatic rings. The molecule has 30 heavy (non-hydrogen) atoms. The lowest BCUT2D eigenvalue weighted by Gasteiger charge is -2.39. The molecule has 1 aromatic carbocycles. The summed E-state index contributed by atoms with van der Waals surface area (Å²) in [6, 6.07) is 7.87. The Labute approximate surface area is 183 Å². The van der Waals surface area contributed by atoms with E-state index in [4.69, 9.17) is 9.72 Å². The van der Waals surface area contributed by atoms with Gasteiger partial charge in [0.1, 0.15) is 11.9 Å². The van der Waals surface area contributed by atoms with Crippen molar-refractivity contribution in [2.45, 2.75) is 18.9 Å². The SMILES string of the molecule is OCC1CCN(c2ncc(Br)c(OC3CN(c4cnc5ccccc5n4)C3)n2)CC1. The lowest BCUT2D eigenvalue weighted by atomic mass is 9.98. The number of aromatic nitrogens is 4. The van der Waals surface area contributed by atoms with Gasteiger partial charge < -0.3 is 19.6 Å². The molecule has 0 aliphatic carbocycles. The van der Waals surface area contributed by atoms with Crippen LogP contribution in [0.3, 0.4) is 0 Å². The summed E-state index contributed by atoms with van der Waals surface area (Å²) >= 11 is 3.51. The molecule has 5 rings (SSSR count). The van der Waals surface area contributed by atoms with Gasteiger partial charge in [0.25, 0.3) is 0 Å². The summed E-state index contributed by atoms with van der Waals surface area (Å²) in [7, 11) is 0. The smallest absolute Gasteiger partial charge is 0.233 e. The molecule has 9 heteroatoms. The Hall–Kier alpha value is -2.52. The van der Waals surface area contributed by atoms with Crippen molar-refractivity contribution in [3.63, 3.8) is 0 Å². The number of ether oxygens (including phenoxy) is 1. The number of halogens is 1. The van der Waals surface area contributed by atoms with Crippen LogP contribution in [0.15, 0.2) is 41.1 Å². The van der Waals surface area contributed by atoms with Gasteiger partial charge in [0.05, 0.1) is 41.0 Å². The van der Waals surface area contributed by atoms with Gasteiger partial charge in [-0.3, -0.25) is 4.98 Å². The highest BCUT2D eigenvalue weighted by Crippen LogP contribution is 2.29. The summed E-state index contributed by atoms with van der Waals surface area (Å²) in [5.74, 6) is 2.49. The second-order valence-corrected chi connectivity index (χ2v) is 8.65. The Morgan fingerprint density at radius 1 is 1.00 bits per heavy atom. The molecule has 0 unspecified atom stereocenters. The third kappa shape index (κ3) is 3.91. The third-order valence-corrected chi connectivity index (χ3v) is 6.28. The van der Waals surface area contributed by atoms with Crippen molar-refractivity contribution in [2.75, 3.05) is 42.6 Å². The summed E-state index contributed by atoms with van der Waals surface area (Å²) in [5, 5.41) is 9.33. The predicted molar refractivity (Wildman–Crippen MR) is 118 cm³/mol. The average molecular weight is 471 g/mol. The number of benzene rings is 1. The maximum Gasteiger partial charge on any atom is 0.233 e. The lowest BCUT2D eigenvalue weighted by molar-refractivity contribution is 0.158. The molecule has 0 radical (unpaired) electrons. The van der Waals surface area contributed by atoms with Crippen molar-refractivity contribution in [3.8, 4) is 5.88 Å². The molecule has 1 N–H and O–H groups in total. The second kappa shape index (κ2) is 8.31. The molecular weight excluding hydrogens is 448 g/mol. The van der Waals surface area contributed by atoms with Gasteiger partial charge in [0.15, 0.2) is 0 Å². The zero-order valence-corrected chi connectivity index (χ0v) is 18.1. The van der Waals surface area contributed by atoms with Gasteiger partial charge in [0, 0.05) is 19.7 Å². The molecule has 0 spiro atoms. The van der Waals surface area contributed by atoms with Gasteiger partial charge in [-0.05, 0) is 46.8 Å². The number of rotatable bonds is 5. The minimum absolute atomic E-state index is 0.0393. The van der Waals surface area contributed by atoms with Crippen LogP contribution in [0.2, 0.25) is 0 Å². The van der Waals surface area contributed by atoms with E-state index in [2.05, 4.69) is 40.7 Å². The molecule has 2 aliphatic heterocycles. The van der Waals surface area contributed by atoms with Crippen LogP contribution in [0.5, 0.6) is 5.88 Å². The minimum Gasteiger partial charge on any atom is -0.470 e. The van der Waals surface area contributed by atoms with E-state index in [0.717, 1.165) is 60.3 Å². The fraction of sp³-hybridized carbons (Fsp3) is 0.429. The first kappa shape index (κ1) is 19.4. The standard InChI is InChI=1S/C21H23BrN6O2/c22-16-9-24-21(27-7-5-14(13-29)6-8-27)26-20(16)30-15-11-28(12-15)19-10-23-17-3-1-2-4-18(17)25-19/h1-4,9-10,14-15,29H,5-8,11-13H2. The second-order valence-electron chi connectivity index (χ2n) is 7.80. The molecule has 0 atom stereocenters. The highest BCUT2D eigenvalue weighted by atomic mass is 79.9. The van der Waals surface area contributed by atoms with Gasteiger partial charge in [-0.15, -0.1) is 0 Å². The van der Waals surface area contributed by atoms with Crippen LogP contribution in [0.1, 0.15) is 12.8 Å². The van der Waals surface area contributed by atoms with E-state index in [9.17, 15) is 5.11 Å². The van der Waals surface area contributed by atoms with Gasteiger partial charge in [0.2, 0.25) is 11.8 Å². The Balaban J connectivity index is 1.22. The van der Waals surface area contributed by atoms with Crippen molar-refractivity contribution in [1.29, 1.82) is 0 Å². The maximum absolute atomic E-state index is 9.33. The summed E-state index contributed by atoms with van der Waals surface area (Å²) in [4.78, 5) is 22.6. The quantitative estimate of drug-likeness (QED) is 0.608. The monoisotopic (exact) mass is 470 g/mol. The fourth-order valence-corrected chi connectivity index (χ4v) is 4.14. The number of aliphatic hydroxyl groups excluding tert-OH is 1. The molecule has 4 heterocycles. The van der Waals surface area contributed by atoms with Crippen molar-refractivity contribution in [3.05, 3.63) is 41.1 Å². The van der Waals surface area contributed by atoms with Crippen LogP contribution in [0, 0.1) is 5.92 Å². The zero-order chi connectivity index (χ0) is 20.5. The number of aliphatic hydroxyl groups is 1. The molecule has 156 valence electrons. The largest absolute Gasteiger partial charge is 0.470 e. The molecule has 0 amide bonds. The summed E-state index contributed by atoms with van der Waals surface area (Å²) in [6.07, 6.45) is 5.51. The number of anilines is 2. The molecule has 0 saturated carbocycles. The molecule has 2 saturated heterocycles.